The highest BCUT2D eigenvalue weighted by atomic mass is 31.2. The van der Waals surface area contributed by atoms with Crippen molar-refractivity contribution in [1.29, 1.82) is 0 Å². The van der Waals surface area contributed by atoms with E-state index in [1.165, 1.54) is 19.8 Å². The molecule has 202 valence electrons. The fourth-order valence-corrected chi connectivity index (χ4v) is 6.37. The van der Waals surface area contributed by atoms with Gasteiger partial charge in [0.05, 0.1) is 19.0 Å². The minimum absolute atomic E-state index is 0.0642. The van der Waals surface area contributed by atoms with Gasteiger partial charge in [0, 0.05) is 12.0 Å². The third kappa shape index (κ3) is 5.98. The zero-order valence-electron chi connectivity index (χ0n) is 21.1. The fourth-order valence-electron chi connectivity index (χ4n) is 4.82. The highest BCUT2D eigenvalue weighted by Gasteiger charge is 2.33. The summed E-state index contributed by atoms with van der Waals surface area (Å²) in [6.07, 6.45) is 10.9. The first-order chi connectivity index (χ1) is 18.3. The number of nitrogens with zero attached hydrogens (tertiary/aromatic N) is 4. The Labute approximate surface area is 220 Å². The number of nitrogen functional groups attached to an aromatic ring is 1. The van der Waals surface area contributed by atoms with Crippen LogP contribution in [0.15, 0.2) is 48.8 Å². The first-order valence-corrected chi connectivity index (χ1v) is 14.3. The van der Waals surface area contributed by atoms with E-state index >= 15 is 0 Å². The molecule has 5 N–H and O–H groups in total. The van der Waals surface area contributed by atoms with E-state index in [0.717, 1.165) is 12.8 Å². The molecule has 12 nitrogen and oxygen atoms in total. The number of carboxylic acids is 1. The van der Waals surface area contributed by atoms with Gasteiger partial charge in [-0.05, 0) is 38.3 Å². The monoisotopic (exact) mass is 541 g/mol. The van der Waals surface area contributed by atoms with Crippen molar-refractivity contribution in [2.75, 3.05) is 17.7 Å². The van der Waals surface area contributed by atoms with Crippen molar-refractivity contribution >= 4 is 36.6 Å². The lowest BCUT2D eigenvalue weighted by Gasteiger charge is -2.23. The molecule has 2 aromatic heterocycles. The lowest BCUT2D eigenvalue weighted by molar-refractivity contribution is -0.138. The molecule has 13 heteroatoms. The zero-order chi connectivity index (χ0) is 26.7. The van der Waals surface area contributed by atoms with Gasteiger partial charge < -0.3 is 25.2 Å². The Kier molecular flexibility index (Phi) is 7.64. The number of hydrogen-bond donors (Lipinski definition) is 4. The molecular weight excluding hydrogens is 509 g/mol. The number of carbonyl (C=O) groups is 1. The number of carboxylic acid groups (broad SMARTS) is 1. The number of hydrogen-bond acceptors (Lipinski definition) is 9. The van der Waals surface area contributed by atoms with E-state index in [-0.39, 0.29) is 24.5 Å². The van der Waals surface area contributed by atoms with Crippen molar-refractivity contribution in [3.05, 3.63) is 48.8 Å². The molecule has 2 heterocycles. The van der Waals surface area contributed by atoms with Crippen LogP contribution < -0.4 is 20.7 Å². The van der Waals surface area contributed by atoms with Crippen LogP contribution in [0, 0.1) is 5.92 Å². The maximum Gasteiger partial charge on any atom is 0.459 e. The minimum Gasteiger partial charge on any atom is -0.480 e. The first kappa shape index (κ1) is 26.1. The fraction of sp³-hybridized carbons (Fsp3) is 0.440. The molecule has 0 bridgehead atoms. The van der Waals surface area contributed by atoms with Gasteiger partial charge in [0.25, 0.3) is 0 Å². The molecule has 2 aliphatic rings. The summed E-state index contributed by atoms with van der Waals surface area (Å²) in [4.78, 5) is 24.8. The largest absolute Gasteiger partial charge is 0.480 e. The highest BCUT2D eigenvalue weighted by molar-refractivity contribution is 7.52. The molecule has 1 fully saturated rings. The van der Waals surface area contributed by atoms with Gasteiger partial charge in [0.1, 0.15) is 11.8 Å². The van der Waals surface area contributed by atoms with Gasteiger partial charge >= 0.3 is 13.7 Å². The lowest BCUT2D eigenvalue weighted by atomic mass is 10.1. The van der Waals surface area contributed by atoms with Crippen LogP contribution >= 0.6 is 7.75 Å². The van der Waals surface area contributed by atoms with Gasteiger partial charge in [-0.2, -0.15) is 15.1 Å². The van der Waals surface area contributed by atoms with Crippen LogP contribution in [0.3, 0.4) is 0 Å². The SMILES string of the molecule is CC(N[P@@](=O)(OC[C@@H]1C=C[C@H](n2cnc3c(NC4CCCC4)nc(N)nc32)C1)Oc1ccccc1)C(=O)O. The molecule has 0 saturated heterocycles. The van der Waals surface area contributed by atoms with Gasteiger partial charge in [0.2, 0.25) is 5.95 Å². The van der Waals surface area contributed by atoms with E-state index < -0.39 is 19.8 Å². The second kappa shape index (κ2) is 11.1. The van der Waals surface area contributed by atoms with Gasteiger partial charge in [0.15, 0.2) is 17.0 Å². The Hall–Kier alpha value is -3.47. The number of rotatable bonds is 11. The zero-order valence-corrected chi connectivity index (χ0v) is 22.0. The molecule has 38 heavy (non-hydrogen) atoms. The van der Waals surface area contributed by atoms with Crippen molar-refractivity contribution in [3.63, 3.8) is 0 Å². The number of para-hydroxylation sites is 1. The summed E-state index contributed by atoms with van der Waals surface area (Å²) in [6, 6.07) is 7.66. The average molecular weight is 542 g/mol. The van der Waals surface area contributed by atoms with E-state index in [0.29, 0.717) is 35.2 Å². The summed E-state index contributed by atoms with van der Waals surface area (Å²) in [6.45, 7) is 1.44. The molecule has 1 aromatic carbocycles. The standard InChI is InChI=1S/C25H32N7O5P/c1-16(24(33)34)31-38(35,37-20-9-3-2-4-10-20)36-14-17-11-12-19(13-17)32-15-27-21-22(28-18-7-5-6-8-18)29-25(26)30-23(21)32/h2-4,9-12,15-19H,5-8,13-14H2,1H3,(H,31,35)(H,33,34)(H3,26,28,29,30)/t16?,17-,19+,38-/m1/s1. The molecule has 1 unspecified atom stereocenters. The normalized spacial score (nSPS) is 21.9. The average Bonchev–Trinajstić information content (AvgIpc) is 3.64. The second-order valence-corrected chi connectivity index (χ2v) is 11.4. The predicted octanol–water partition coefficient (Wildman–Crippen LogP) is 4.15. The number of imidazole rings is 1. The van der Waals surface area contributed by atoms with Gasteiger partial charge in [-0.1, -0.05) is 43.2 Å². The Balaban J connectivity index is 1.27. The van der Waals surface area contributed by atoms with Crippen molar-refractivity contribution in [3.8, 4) is 5.75 Å². The van der Waals surface area contributed by atoms with E-state index in [4.69, 9.17) is 14.8 Å². The van der Waals surface area contributed by atoms with E-state index in [9.17, 15) is 14.5 Å². The van der Waals surface area contributed by atoms with Gasteiger partial charge in [-0.15, -0.1) is 0 Å². The van der Waals surface area contributed by atoms with E-state index in [1.807, 2.05) is 16.7 Å². The number of aromatic nitrogens is 4. The lowest BCUT2D eigenvalue weighted by Crippen LogP contribution is -2.33. The minimum atomic E-state index is -3.98. The van der Waals surface area contributed by atoms with E-state index in [1.54, 1.807) is 36.7 Å². The summed E-state index contributed by atoms with van der Waals surface area (Å²) < 4.78 is 26.7. The van der Waals surface area contributed by atoms with Crippen molar-refractivity contribution in [2.24, 2.45) is 5.92 Å². The summed E-state index contributed by atoms with van der Waals surface area (Å²) in [5.41, 5.74) is 7.35. The summed E-state index contributed by atoms with van der Waals surface area (Å²) in [5, 5.41) is 15.3. The van der Waals surface area contributed by atoms with Crippen LogP contribution in [0.2, 0.25) is 0 Å². The van der Waals surface area contributed by atoms with E-state index in [2.05, 4.69) is 25.4 Å². The van der Waals surface area contributed by atoms with Crippen LogP contribution in [0.5, 0.6) is 5.75 Å². The van der Waals surface area contributed by atoms with Crippen molar-refractivity contribution in [2.45, 2.75) is 57.2 Å². The van der Waals surface area contributed by atoms with Gasteiger partial charge in [-0.3, -0.25) is 9.32 Å². The van der Waals surface area contributed by atoms with Crippen LogP contribution in [0.25, 0.3) is 11.2 Å². The van der Waals surface area contributed by atoms with Gasteiger partial charge in [-0.25, -0.2) is 9.55 Å². The maximum absolute atomic E-state index is 13.5. The molecular formula is C25H32N7O5P. The van der Waals surface area contributed by atoms with Crippen LogP contribution in [0.1, 0.15) is 45.1 Å². The Morgan fingerprint density at radius 2 is 2.00 bits per heavy atom. The smallest absolute Gasteiger partial charge is 0.459 e. The van der Waals surface area contributed by atoms with Crippen LogP contribution in [-0.4, -0.2) is 49.3 Å². The second-order valence-electron chi connectivity index (χ2n) is 9.71. The summed E-state index contributed by atoms with van der Waals surface area (Å²) in [7, 11) is -3.98. The quantitative estimate of drug-likeness (QED) is 0.203. The number of anilines is 2. The summed E-state index contributed by atoms with van der Waals surface area (Å²) in [5.74, 6) is -0.120. The molecule has 0 radical (unpaired) electrons. The number of allylic oxidation sites excluding steroid dienone is 1. The molecule has 3 aromatic rings. The number of fused-ring (bicyclic) bond motifs is 1. The molecule has 0 amide bonds. The van der Waals surface area contributed by atoms with Crippen LogP contribution in [0.4, 0.5) is 11.8 Å². The molecule has 2 aliphatic carbocycles. The van der Waals surface area contributed by atoms with Crippen molar-refractivity contribution < 1.29 is 23.5 Å². The predicted molar refractivity (Wildman–Crippen MR) is 143 cm³/mol. The molecule has 0 spiro atoms. The number of benzene rings is 1. The molecule has 1 saturated carbocycles. The number of nitrogens with two attached hydrogens (primary N) is 1. The molecule has 0 aliphatic heterocycles. The molecule has 5 rings (SSSR count). The first-order valence-electron chi connectivity index (χ1n) is 12.7. The Morgan fingerprint density at radius 1 is 1.24 bits per heavy atom. The summed E-state index contributed by atoms with van der Waals surface area (Å²) >= 11 is 0. The number of aliphatic carboxylic acids is 1. The Morgan fingerprint density at radius 3 is 2.74 bits per heavy atom. The van der Waals surface area contributed by atoms with Crippen LogP contribution in [-0.2, 0) is 13.9 Å². The number of nitrogens with one attached hydrogen (secondary N) is 2. The maximum atomic E-state index is 13.5. The topological polar surface area (TPSA) is 167 Å². The third-order valence-corrected chi connectivity index (χ3v) is 8.43. The third-order valence-electron chi connectivity index (χ3n) is 6.79. The Bertz CT molecular complexity index is 1360. The van der Waals surface area contributed by atoms with Crippen molar-refractivity contribution in [1.82, 2.24) is 24.6 Å². The highest BCUT2D eigenvalue weighted by Crippen LogP contribution is 2.46. The molecule has 4 atom stereocenters.